The van der Waals surface area contributed by atoms with Crippen molar-refractivity contribution in [2.75, 3.05) is 30.0 Å². The molecular weight excluding hydrogens is 434 g/mol. The molecule has 1 aliphatic heterocycles. The summed E-state index contributed by atoms with van der Waals surface area (Å²) in [5.74, 6) is -0.639. The monoisotopic (exact) mass is 467 g/mol. The highest BCUT2D eigenvalue weighted by molar-refractivity contribution is 5.92. The molecule has 4 N–H and O–H groups in total. The number of aromatic nitrogens is 2. The Balaban J connectivity index is 0.00000199. The second kappa shape index (κ2) is 13.2. The lowest BCUT2D eigenvalue weighted by Crippen LogP contribution is -2.42. The number of terminal acetylenes is 1. The molecule has 182 valence electrons. The van der Waals surface area contributed by atoms with Crippen LogP contribution in [0.25, 0.3) is 0 Å². The van der Waals surface area contributed by atoms with Gasteiger partial charge in [0.1, 0.15) is 0 Å². The molecule has 1 saturated heterocycles. The summed E-state index contributed by atoms with van der Waals surface area (Å²) in [5.41, 5.74) is 8.22. The van der Waals surface area contributed by atoms with E-state index in [2.05, 4.69) is 46.9 Å². The number of carbonyl (C=O) groups excluding carboxylic acids is 1. The highest BCUT2D eigenvalue weighted by atomic mass is 16.5. The second-order valence-electron chi connectivity index (χ2n) is 8.42. The Kier molecular flexibility index (Phi) is 10.3. The molecule has 0 saturated carbocycles. The van der Waals surface area contributed by atoms with E-state index in [-0.39, 0.29) is 12.0 Å². The van der Waals surface area contributed by atoms with Crippen LogP contribution in [0.3, 0.4) is 0 Å². The summed E-state index contributed by atoms with van der Waals surface area (Å²) in [4.78, 5) is 33.2. The molecule has 3 rings (SSSR count). The van der Waals surface area contributed by atoms with Crippen molar-refractivity contribution in [3.8, 4) is 12.8 Å². The normalized spacial score (nSPS) is 13.6. The molecular formula is C25H33N5O4. The molecule has 9 heteroatoms. The van der Waals surface area contributed by atoms with Crippen molar-refractivity contribution < 1.29 is 19.4 Å². The van der Waals surface area contributed by atoms with Crippen molar-refractivity contribution in [2.45, 2.75) is 45.6 Å². The maximum atomic E-state index is 11.3. The van der Waals surface area contributed by atoms with Crippen LogP contribution < -0.4 is 16.0 Å². The van der Waals surface area contributed by atoms with Crippen LogP contribution in [-0.2, 0) is 16.0 Å². The number of carboxylic acids is 1. The summed E-state index contributed by atoms with van der Waals surface area (Å²) in [6.45, 7) is 6.71. The number of nitrogens with one attached hydrogen (secondary N) is 1. The molecule has 0 unspecified atom stereocenters. The van der Waals surface area contributed by atoms with Crippen LogP contribution >= 0.6 is 0 Å². The van der Waals surface area contributed by atoms with Crippen molar-refractivity contribution >= 4 is 29.2 Å². The van der Waals surface area contributed by atoms with Crippen LogP contribution in [-0.4, -0.2) is 52.8 Å². The Hall–Kier alpha value is -3.64. The predicted molar refractivity (Wildman–Crippen MR) is 132 cm³/mol. The minimum Gasteiger partial charge on any atom is -0.481 e. The zero-order chi connectivity index (χ0) is 25.1. The fourth-order valence-corrected chi connectivity index (χ4v) is 3.82. The third-order valence-electron chi connectivity index (χ3n) is 5.37. The van der Waals surface area contributed by atoms with Crippen LogP contribution in [0.5, 0.6) is 0 Å². The number of benzene rings is 1. The summed E-state index contributed by atoms with van der Waals surface area (Å²) >= 11 is 0. The number of primary amides is 1. The topological polar surface area (TPSA) is 131 Å². The predicted octanol–water partition coefficient (Wildman–Crippen LogP) is 3.23. The van der Waals surface area contributed by atoms with E-state index in [0.717, 1.165) is 49.5 Å². The molecule has 0 aliphatic carbocycles. The molecule has 1 fully saturated rings. The van der Waals surface area contributed by atoms with Crippen LogP contribution in [0.2, 0.25) is 0 Å². The van der Waals surface area contributed by atoms with Gasteiger partial charge in [-0.3, -0.25) is 9.59 Å². The number of rotatable bonds is 10. The fourth-order valence-electron chi connectivity index (χ4n) is 3.82. The molecule has 1 amide bonds. The van der Waals surface area contributed by atoms with Crippen LogP contribution in [0.15, 0.2) is 30.6 Å². The first-order valence-electron chi connectivity index (χ1n) is 11.2. The van der Waals surface area contributed by atoms with Gasteiger partial charge in [-0.15, -0.1) is 12.8 Å². The van der Waals surface area contributed by atoms with Gasteiger partial charge in [0, 0.05) is 44.6 Å². The highest BCUT2D eigenvalue weighted by Gasteiger charge is 2.25. The number of nitrogens with zero attached hydrogens (tertiary/aromatic N) is 3. The molecule has 0 bridgehead atoms. The van der Waals surface area contributed by atoms with E-state index in [9.17, 15) is 9.59 Å². The first-order chi connectivity index (χ1) is 16.3. The minimum absolute atomic E-state index is 0.0538. The lowest BCUT2D eigenvalue weighted by molar-refractivity contribution is -0.136. The largest absolute Gasteiger partial charge is 0.481 e. The van der Waals surface area contributed by atoms with Crippen LogP contribution in [0, 0.1) is 18.8 Å². The third-order valence-corrected chi connectivity index (χ3v) is 5.37. The first-order valence-corrected chi connectivity index (χ1v) is 11.2. The van der Waals surface area contributed by atoms with E-state index in [1.54, 1.807) is 0 Å². The van der Waals surface area contributed by atoms with Gasteiger partial charge < -0.3 is 25.8 Å². The summed E-state index contributed by atoms with van der Waals surface area (Å²) in [6.07, 6.45) is 13.1. The lowest BCUT2D eigenvalue weighted by Gasteiger charge is -2.38. The van der Waals surface area contributed by atoms with Crippen LogP contribution in [0.4, 0.5) is 17.3 Å². The standard InChI is InChI=1S/C23H31N5O4.C2H2/c1-15(2)14-28(18-7-9-32-10-8-18)20-5-3-16(4-6-21(29)30)11-19(20)27-23-25-12-17(13-26-23)22(24)31;1-2/h3,5,11-13,15,18H,4,6-10,14H2,1-2H3,(H2,24,31)(H,29,30)(H,25,26,27);1-2H. The Bertz CT molecular complexity index is 969. The average Bonchev–Trinajstić information content (AvgIpc) is 2.83. The van der Waals surface area contributed by atoms with Crippen molar-refractivity contribution in [1.29, 1.82) is 0 Å². The summed E-state index contributed by atoms with van der Waals surface area (Å²) in [7, 11) is 0. The lowest BCUT2D eigenvalue weighted by atomic mass is 10.0. The van der Waals surface area contributed by atoms with E-state index < -0.39 is 11.9 Å². The number of anilines is 3. The van der Waals surface area contributed by atoms with E-state index >= 15 is 0 Å². The van der Waals surface area contributed by atoms with Crippen LogP contribution in [0.1, 0.15) is 49.0 Å². The number of amides is 1. The molecule has 0 spiro atoms. The molecule has 1 aliphatic rings. The van der Waals surface area contributed by atoms with Gasteiger partial charge in [0.25, 0.3) is 5.91 Å². The summed E-state index contributed by atoms with van der Waals surface area (Å²) < 4.78 is 5.56. The number of aryl methyl sites for hydroxylation is 1. The molecule has 1 aromatic heterocycles. The molecule has 1 aromatic carbocycles. The average molecular weight is 468 g/mol. The highest BCUT2D eigenvalue weighted by Crippen LogP contribution is 2.33. The Labute approximate surface area is 200 Å². The van der Waals surface area contributed by atoms with Crippen molar-refractivity contribution in [3.63, 3.8) is 0 Å². The quantitative estimate of drug-likeness (QED) is 0.454. The van der Waals surface area contributed by atoms with Gasteiger partial charge in [0.05, 0.1) is 16.9 Å². The van der Waals surface area contributed by atoms with Gasteiger partial charge >= 0.3 is 5.97 Å². The second-order valence-corrected chi connectivity index (χ2v) is 8.42. The van der Waals surface area contributed by atoms with Gasteiger partial charge in [-0.25, -0.2) is 9.97 Å². The maximum Gasteiger partial charge on any atom is 0.303 e. The Morgan fingerprint density at radius 2 is 1.88 bits per heavy atom. The maximum absolute atomic E-state index is 11.3. The van der Waals surface area contributed by atoms with E-state index in [1.165, 1.54) is 12.4 Å². The molecule has 34 heavy (non-hydrogen) atoms. The molecule has 9 nitrogen and oxygen atoms in total. The van der Waals surface area contributed by atoms with E-state index in [0.29, 0.717) is 24.3 Å². The van der Waals surface area contributed by atoms with Gasteiger partial charge in [0.15, 0.2) is 0 Å². The molecule has 0 radical (unpaired) electrons. The number of aliphatic carboxylic acids is 1. The molecule has 0 atom stereocenters. The first kappa shape index (κ1) is 26.6. The van der Waals surface area contributed by atoms with Gasteiger partial charge in [-0.05, 0) is 42.9 Å². The van der Waals surface area contributed by atoms with Crippen molar-refractivity contribution in [1.82, 2.24) is 9.97 Å². The number of nitrogens with two attached hydrogens (primary N) is 1. The fraction of sp³-hybridized carbons (Fsp3) is 0.440. The van der Waals surface area contributed by atoms with Crippen molar-refractivity contribution in [2.24, 2.45) is 11.7 Å². The zero-order valence-corrected chi connectivity index (χ0v) is 19.7. The minimum atomic E-state index is -0.836. The SMILES string of the molecule is C#C.CC(C)CN(c1ccc(CCC(=O)O)cc1Nc1ncc(C(N)=O)cn1)C1CCOCC1. The van der Waals surface area contributed by atoms with Crippen molar-refractivity contribution in [3.05, 3.63) is 41.7 Å². The summed E-state index contributed by atoms with van der Waals surface area (Å²) in [5, 5.41) is 12.3. The smallest absolute Gasteiger partial charge is 0.303 e. The summed E-state index contributed by atoms with van der Waals surface area (Å²) in [6, 6.07) is 6.31. The van der Waals surface area contributed by atoms with Gasteiger partial charge in [-0.1, -0.05) is 19.9 Å². The number of carbonyl (C=O) groups is 2. The van der Waals surface area contributed by atoms with E-state index in [4.69, 9.17) is 15.6 Å². The van der Waals surface area contributed by atoms with Gasteiger partial charge in [0.2, 0.25) is 5.95 Å². The van der Waals surface area contributed by atoms with Gasteiger partial charge in [-0.2, -0.15) is 0 Å². The third kappa shape index (κ3) is 7.74. The number of ether oxygens (including phenoxy) is 1. The number of hydrogen-bond acceptors (Lipinski definition) is 7. The number of carboxylic acid groups (broad SMARTS) is 1. The number of hydrogen-bond donors (Lipinski definition) is 3. The Morgan fingerprint density at radius 3 is 2.44 bits per heavy atom. The molecule has 2 aromatic rings. The van der Waals surface area contributed by atoms with E-state index in [1.807, 2.05) is 18.2 Å². The molecule has 2 heterocycles. The zero-order valence-electron chi connectivity index (χ0n) is 19.7. The Morgan fingerprint density at radius 1 is 1.24 bits per heavy atom.